The highest BCUT2D eigenvalue weighted by molar-refractivity contribution is 5.73. The summed E-state index contributed by atoms with van der Waals surface area (Å²) in [6.45, 7) is 1.74. The fourth-order valence-electron chi connectivity index (χ4n) is 2.65. The molecule has 2 atom stereocenters. The van der Waals surface area contributed by atoms with Crippen molar-refractivity contribution < 1.29 is 15.2 Å². The van der Waals surface area contributed by atoms with Gasteiger partial charge in [0, 0.05) is 5.92 Å². The summed E-state index contributed by atoms with van der Waals surface area (Å²) < 4.78 is 0. The van der Waals surface area contributed by atoms with E-state index >= 15 is 0 Å². The van der Waals surface area contributed by atoms with Crippen LogP contribution < -0.4 is 10.4 Å². The highest BCUT2D eigenvalue weighted by Crippen LogP contribution is 2.43. The number of hydrogen-bond donors (Lipinski definition) is 1. The van der Waals surface area contributed by atoms with Crippen LogP contribution in [-0.4, -0.2) is 19.1 Å². The molecule has 2 aliphatic rings. The van der Waals surface area contributed by atoms with Gasteiger partial charge >= 0.3 is 0 Å². The lowest BCUT2D eigenvalue weighted by molar-refractivity contribution is -0.643. The second-order valence-electron chi connectivity index (χ2n) is 3.76. The Bertz CT molecular complexity index is 181. The summed E-state index contributed by atoms with van der Waals surface area (Å²) in [6.07, 6.45) is 3.01. The zero-order chi connectivity index (χ0) is 7.90. The topological polar surface area (TPSA) is 56.7 Å². The van der Waals surface area contributed by atoms with E-state index in [4.69, 9.17) is 0 Å². The Hall–Kier alpha value is -0.570. The van der Waals surface area contributed by atoms with Crippen molar-refractivity contribution in [3.8, 4) is 0 Å². The summed E-state index contributed by atoms with van der Waals surface area (Å²) >= 11 is 0. The molecule has 2 rings (SSSR count). The fraction of sp³-hybridized carbons (Fsp3) is 0.875. The van der Waals surface area contributed by atoms with E-state index in [0.717, 1.165) is 32.4 Å². The molecule has 0 spiro atoms. The molecule has 1 aliphatic carbocycles. The average molecular weight is 155 g/mol. The van der Waals surface area contributed by atoms with Crippen LogP contribution in [0, 0.1) is 11.3 Å². The van der Waals surface area contributed by atoms with Crippen LogP contribution in [-0.2, 0) is 4.79 Å². The Balaban J connectivity index is 2.26. The van der Waals surface area contributed by atoms with E-state index in [1.807, 2.05) is 0 Å². The van der Waals surface area contributed by atoms with E-state index in [-0.39, 0.29) is 0 Å². The van der Waals surface area contributed by atoms with Crippen LogP contribution in [0.1, 0.15) is 19.3 Å². The summed E-state index contributed by atoms with van der Waals surface area (Å²) in [7, 11) is 0. The summed E-state index contributed by atoms with van der Waals surface area (Å²) in [5.41, 5.74) is -0.444. The quantitative estimate of drug-likeness (QED) is 0.481. The third-order valence-corrected chi connectivity index (χ3v) is 3.32. The Kier molecular flexibility index (Phi) is 1.42. The van der Waals surface area contributed by atoms with Gasteiger partial charge in [-0.15, -0.1) is 0 Å². The van der Waals surface area contributed by atoms with Gasteiger partial charge in [0.15, 0.2) is 0 Å². The molecule has 0 unspecified atom stereocenters. The summed E-state index contributed by atoms with van der Waals surface area (Å²) in [4.78, 5) is 10.9. The smallest absolute Gasteiger partial charge is 0.0870 e. The van der Waals surface area contributed by atoms with E-state index < -0.39 is 11.4 Å². The molecule has 3 heteroatoms. The van der Waals surface area contributed by atoms with Gasteiger partial charge in [-0.05, 0) is 12.8 Å². The van der Waals surface area contributed by atoms with Crippen LogP contribution >= 0.6 is 0 Å². The maximum Gasteiger partial charge on any atom is 0.0870 e. The fourth-order valence-corrected chi connectivity index (χ4v) is 2.65. The molecule has 0 aromatic heterocycles. The molecule has 1 saturated heterocycles. The predicted molar refractivity (Wildman–Crippen MR) is 36.4 cm³/mol. The number of carboxylic acid groups (broad SMARTS) is 1. The molecule has 1 aliphatic heterocycles. The van der Waals surface area contributed by atoms with Crippen LogP contribution in [0.3, 0.4) is 0 Å². The molecular weight excluding hydrogens is 142 g/mol. The molecular formula is C8H13NO2. The molecule has 2 N–H and O–H groups in total. The standard InChI is InChI=1S/C8H13NO2/c10-7(11)8-3-1-2-6(8)4-9-5-8/h6,9H,1-5H2,(H,10,11)/t6-,8-/m1/s1. The van der Waals surface area contributed by atoms with Crippen LogP contribution in [0.4, 0.5) is 0 Å². The van der Waals surface area contributed by atoms with Crippen molar-refractivity contribution in [3.63, 3.8) is 0 Å². The molecule has 2 fully saturated rings. The maximum atomic E-state index is 10.9. The number of hydrogen-bond acceptors (Lipinski definition) is 2. The average Bonchev–Trinajstić information content (AvgIpc) is 2.40. The lowest BCUT2D eigenvalue weighted by Crippen LogP contribution is -2.82. The van der Waals surface area contributed by atoms with Crippen molar-refractivity contribution in [1.29, 1.82) is 0 Å². The summed E-state index contributed by atoms with van der Waals surface area (Å²) in [5, 5.41) is 13.0. The van der Waals surface area contributed by atoms with Gasteiger partial charge < -0.3 is 15.2 Å². The maximum absolute atomic E-state index is 10.9. The number of carboxylic acids is 1. The summed E-state index contributed by atoms with van der Waals surface area (Å²) in [6, 6.07) is 0. The highest BCUT2D eigenvalue weighted by Gasteiger charge is 2.50. The second-order valence-corrected chi connectivity index (χ2v) is 3.76. The largest absolute Gasteiger partial charge is 0.549 e. The number of quaternary nitrogens is 1. The number of rotatable bonds is 1. The molecule has 0 aromatic rings. The molecule has 0 bridgehead atoms. The van der Waals surface area contributed by atoms with Gasteiger partial charge in [0.05, 0.1) is 24.5 Å². The lowest BCUT2D eigenvalue weighted by atomic mass is 9.81. The normalized spacial score (nSPS) is 42.4. The molecule has 62 valence electrons. The van der Waals surface area contributed by atoms with E-state index in [2.05, 4.69) is 5.32 Å². The van der Waals surface area contributed by atoms with Gasteiger partial charge in [-0.3, -0.25) is 0 Å². The van der Waals surface area contributed by atoms with Crippen LogP contribution in [0.5, 0.6) is 0 Å². The number of fused-ring (bicyclic) bond motifs is 1. The van der Waals surface area contributed by atoms with Crippen molar-refractivity contribution in [2.24, 2.45) is 11.3 Å². The number of nitrogens with two attached hydrogens (primary N) is 1. The first-order valence-corrected chi connectivity index (χ1v) is 4.29. The van der Waals surface area contributed by atoms with E-state index in [1.54, 1.807) is 0 Å². The molecule has 1 saturated carbocycles. The second kappa shape index (κ2) is 2.21. The lowest BCUT2D eigenvalue weighted by Gasteiger charge is -2.26. The van der Waals surface area contributed by atoms with Crippen LogP contribution in [0.15, 0.2) is 0 Å². The van der Waals surface area contributed by atoms with Crippen molar-refractivity contribution in [3.05, 3.63) is 0 Å². The van der Waals surface area contributed by atoms with E-state index in [0.29, 0.717) is 5.92 Å². The number of aliphatic carboxylic acids is 1. The number of carbonyl (C=O) groups is 1. The highest BCUT2D eigenvalue weighted by atomic mass is 16.4. The SMILES string of the molecule is O=C([O-])[C@@]12CCC[C@@H]1C[NH2+]C2. The van der Waals surface area contributed by atoms with Crippen LogP contribution in [0.25, 0.3) is 0 Å². The third kappa shape index (κ3) is 0.805. The van der Waals surface area contributed by atoms with Gasteiger partial charge in [0.1, 0.15) is 0 Å². The Morgan fingerprint density at radius 3 is 3.09 bits per heavy atom. The zero-order valence-electron chi connectivity index (χ0n) is 6.51. The predicted octanol–water partition coefficient (Wildman–Crippen LogP) is -1.90. The Morgan fingerprint density at radius 1 is 1.64 bits per heavy atom. The minimum Gasteiger partial charge on any atom is -0.549 e. The zero-order valence-corrected chi connectivity index (χ0v) is 6.51. The first-order chi connectivity index (χ1) is 5.26. The van der Waals surface area contributed by atoms with Gasteiger partial charge in [0.2, 0.25) is 0 Å². The Morgan fingerprint density at radius 2 is 2.45 bits per heavy atom. The van der Waals surface area contributed by atoms with Gasteiger partial charge in [0.25, 0.3) is 0 Å². The minimum atomic E-state index is -0.811. The number of carbonyl (C=O) groups excluding carboxylic acids is 1. The van der Waals surface area contributed by atoms with E-state index in [9.17, 15) is 9.90 Å². The van der Waals surface area contributed by atoms with Crippen molar-refractivity contribution in [1.82, 2.24) is 0 Å². The Labute approximate surface area is 65.8 Å². The molecule has 0 amide bonds. The minimum absolute atomic E-state index is 0.396. The molecule has 11 heavy (non-hydrogen) atoms. The first-order valence-electron chi connectivity index (χ1n) is 4.29. The van der Waals surface area contributed by atoms with Crippen molar-refractivity contribution in [2.75, 3.05) is 13.1 Å². The van der Waals surface area contributed by atoms with Gasteiger partial charge in [-0.25, -0.2) is 0 Å². The molecule has 1 heterocycles. The third-order valence-electron chi connectivity index (χ3n) is 3.32. The molecule has 0 aromatic carbocycles. The van der Waals surface area contributed by atoms with Crippen LogP contribution in [0.2, 0.25) is 0 Å². The summed E-state index contributed by atoms with van der Waals surface area (Å²) in [5.74, 6) is -0.416. The van der Waals surface area contributed by atoms with Gasteiger partial charge in [-0.2, -0.15) is 0 Å². The van der Waals surface area contributed by atoms with Gasteiger partial charge in [-0.1, -0.05) is 6.42 Å². The molecule has 3 nitrogen and oxygen atoms in total. The van der Waals surface area contributed by atoms with Crippen molar-refractivity contribution >= 4 is 5.97 Å². The first kappa shape index (κ1) is 7.10. The van der Waals surface area contributed by atoms with Crippen molar-refractivity contribution in [2.45, 2.75) is 19.3 Å². The molecule has 0 radical (unpaired) electrons. The van der Waals surface area contributed by atoms with E-state index in [1.165, 1.54) is 0 Å². The monoisotopic (exact) mass is 155 g/mol.